The molecule has 0 bridgehead atoms. The van der Waals surface area contributed by atoms with Gasteiger partial charge in [-0.25, -0.2) is 0 Å². The highest BCUT2D eigenvalue weighted by Gasteiger charge is 2.19. The van der Waals surface area contributed by atoms with Crippen molar-refractivity contribution in [1.29, 1.82) is 0 Å². The Hall–Kier alpha value is -1.02. The molecule has 0 spiro atoms. The van der Waals surface area contributed by atoms with Crippen molar-refractivity contribution in [3.63, 3.8) is 0 Å². The SMILES string of the molecule is Cc1cccc2c1OC(N)C2. The van der Waals surface area contributed by atoms with E-state index in [1.165, 1.54) is 11.1 Å². The Balaban J connectivity index is 2.49. The van der Waals surface area contributed by atoms with E-state index in [1.807, 2.05) is 19.1 Å². The van der Waals surface area contributed by atoms with Crippen LogP contribution < -0.4 is 10.5 Å². The average Bonchev–Trinajstić information content (AvgIpc) is 2.31. The van der Waals surface area contributed by atoms with E-state index in [9.17, 15) is 0 Å². The quantitative estimate of drug-likeness (QED) is 0.601. The molecule has 1 aromatic rings. The van der Waals surface area contributed by atoms with Crippen LogP contribution in [0.2, 0.25) is 0 Å². The third-order valence-electron chi connectivity index (χ3n) is 1.98. The van der Waals surface area contributed by atoms with E-state index in [2.05, 4.69) is 6.07 Å². The maximum absolute atomic E-state index is 5.63. The zero-order valence-electron chi connectivity index (χ0n) is 6.50. The number of nitrogens with two attached hydrogens (primary N) is 1. The first kappa shape index (κ1) is 6.68. The smallest absolute Gasteiger partial charge is 0.151 e. The Morgan fingerprint density at radius 3 is 3.09 bits per heavy atom. The Morgan fingerprint density at radius 1 is 1.55 bits per heavy atom. The molecule has 1 heterocycles. The van der Waals surface area contributed by atoms with Crippen LogP contribution in [0, 0.1) is 6.92 Å². The summed E-state index contributed by atoms with van der Waals surface area (Å²) in [5, 5.41) is 0. The highest BCUT2D eigenvalue weighted by atomic mass is 16.5. The first-order valence-electron chi connectivity index (χ1n) is 3.78. The van der Waals surface area contributed by atoms with Gasteiger partial charge >= 0.3 is 0 Å². The van der Waals surface area contributed by atoms with E-state index in [4.69, 9.17) is 10.5 Å². The Morgan fingerprint density at radius 2 is 2.36 bits per heavy atom. The van der Waals surface area contributed by atoms with E-state index >= 15 is 0 Å². The molecule has 0 saturated carbocycles. The molecule has 58 valence electrons. The van der Waals surface area contributed by atoms with E-state index in [-0.39, 0.29) is 6.23 Å². The molecular weight excluding hydrogens is 138 g/mol. The number of rotatable bonds is 0. The van der Waals surface area contributed by atoms with Crippen LogP contribution in [0.5, 0.6) is 5.75 Å². The molecule has 1 aromatic carbocycles. The zero-order valence-corrected chi connectivity index (χ0v) is 6.50. The average molecular weight is 149 g/mol. The van der Waals surface area contributed by atoms with Gasteiger partial charge in [0.1, 0.15) is 5.75 Å². The topological polar surface area (TPSA) is 35.2 Å². The van der Waals surface area contributed by atoms with E-state index in [1.54, 1.807) is 0 Å². The van der Waals surface area contributed by atoms with Crippen molar-refractivity contribution >= 4 is 0 Å². The van der Waals surface area contributed by atoms with E-state index in [0.29, 0.717) is 0 Å². The molecule has 2 heteroatoms. The fourth-order valence-corrected chi connectivity index (χ4v) is 1.45. The first-order valence-corrected chi connectivity index (χ1v) is 3.78. The van der Waals surface area contributed by atoms with Crippen molar-refractivity contribution in [3.05, 3.63) is 29.3 Å². The number of fused-ring (bicyclic) bond motifs is 1. The predicted octanol–water partition coefficient (Wildman–Crippen LogP) is 1.21. The molecule has 1 aliphatic rings. The number of benzene rings is 1. The summed E-state index contributed by atoms with van der Waals surface area (Å²) < 4.78 is 5.42. The summed E-state index contributed by atoms with van der Waals surface area (Å²) in [7, 11) is 0. The molecule has 0 aliphatic carbocycles. The molecule has 0 saturated heterocycles. The Kier molecular flexibility index (Phi) is 1.36. The molecule has 1 atom stereocenters. The maximum atomic E-state index is 5.63. The minimum absolute atomic E-state index is 0.133. The predicted molar refractivity (Wildman–Crippen MR) is 43.5 cm³/mol. The van der Waals surface area contributed by atoms with Gasteiger partial charge in [0, 0.05) is 6.42 Å². The molecule has 2 N–H and O–H groups in total. The van der Waals surface area contributed by atoms with Gasteiger partial charge in [-0.15, -0.1) is 0 Å². The minimum Gasteiger partial charge on any atom is -0.475 e. The van der Waals surface area contributed by atoms with Gasteiger partial charge in [0.25, 0.3) is 0 Å². The largest absolute Gasteiger partial charge is 0.475 e. The molecule has 0 fully saturated rings. The number of hydrogen-bond acceptors (Lipinski definition) is 2. The van der Waals surface area contributed by atoms with Crippen molar-refractivity contribution in [3.8, 4) is 5.75 Å². The molecule has 11 heavy (non-hydrogen) atoms. The second kappa shape index (κ2) is 2.24. The highest BCUT2D eigenvalue weighted by Crippen LogP contribution is 2.29. The van der Waals surface area contributed by atoms with Crippen LogP contribution in [0.3, 0.4) is 0 Å². The number of para-hydroxylation sites is 1. The summed E-state index contributed by atoms with van der Waals surface area (Å²) in [4.78, 5) is 0. The number of ether oxygens (including phenoxy) is 1. The lowest BCUT2D eigenvalue weighted by atomic mass is 10.1. The molecule has 2 rings (SSSR count). The molecule has 0 amide bonds. The fraction of sp³-hybridized carbons (Fsp3) is 0.333. The van der Waals surface area contributed by atoms with Gasteiger partial charge in [0.2, 0.25) is 0 Å². The van der Waals surface area contributed by atoms with Gasteiger partial charge in [-0.1, -0.05) is 18.2 Å². The van der Waals surface area contributed by atoms with Crippen molar-refractivity contribution in [1.82, 2.24) is 0 Å². The maximum Gasteiger partial charge on any atom is 0.151 e. The van der Waals surface area contributed by atoms with Gasteiger partial charge in [0.15, 0.2) is 6.23 Å². The van der Waals surface area contributed by atoms with Crippen LogP contribution >= 0.6 is 0 Å². The van der Waals surface area contributed by atoms with E-state index in [0.717, 1.165) is 12.2 Å². The van der Waals surface area contributed by atoms with Crippen LogP contribution in [0.25, 0.3) is 0 Å². The number of hydrogen-bond donors (Lipinski definition) is 1. The third-order valence-corrected chi connectivity index (χ3v) is 1.98. The lowest BCUT2D eigenvalue weighted by Crippen LogP contribution is -2.24. The lowest BCUT2D eigenvalue weighted by Gasteiger charge is -2.04. The van der Waals surface area contributed by atoms with E-state index < -0.39 is 0 Å². The molecule has 2 nitrogen and oxygen atoms in total. The van der Waals surface area contributed by atoms with Crippen molar-refractivity contribution in [2.45, 2.75) is 19.6 Å². The van der Waals surface area contributed by atoms with Crippen LogP contribution in [-0.2, 0) is 6.42 Å². The van der Waals surface area contributed by atoms with Gasteiger partial charge in [0.05, 0.1) is 0 Å². The molecule has 1 unspecified atom stereocenters. The lowest BCUT2D eigenvalue weighted by molar-refractivity contribution is 0.240. The second-order valence-electron chi connectivity index (χ2n) is 2.92. The third kappa shape index (κ3) is 0.994. The van der Waals surface area contributed by atoms with Crippen molar-refractivity contribution in [2.75, 3.05) is 0 Å². The summed E-state index contributed by atoms with van der Waals surface area (Å²) >= 11 is 0. The minimum atomic E-state index is -0.133. The van der Waals surface area contributed by atoms with Crippen LogP contribution in [0.1, 0.15) is 11.1 Å². The van der Waals surface area contributed by atoms with Gasteiger partial charge < -0.3 is 4.74 Å². The normalized spacial score (nSPS) is 21.1. The summed E-state index contributed by atoms with van der Waals surface area (Å²) in [5.74, 6) is 0.986. The summed E-state index contributed by atoms with van der Waals surface area (Å²) in [6.07, 6.45) is 0.711. The summed E-state index contributed by atoms with van der Waals surface area (Å²) in [5.41, 5.74) is 8.04. The summed E-state index contributed by atoms with van der Waals surface area (Å²) in [6, 6.07) is 6.14. The zero-order chi connectivity index (χ0) is 7.84. The molecular formula is C9H11NO. The first-order chi connectivity index (χ1) is 5.27. The van der Waals surface area contributed by atoms with Gasteiger partial charge in [-0.05, 0) is 18.1 Å². The van der Waals surface area contributed by atoms with Gasteiger partial charge in [-0.3, -0.25) is 5.73 Å². The molecule has 0 aromatic heterocycles. The fourth-order valence-electron chi connectivity index (χ4n) is 1.45. The van der Waals surface area contributed by atoms with Crippen LogP contribution in [0.15, 0.2) is 18.2 Å². The van der Waals surface area contributed by atoms with Crippen molar-refractivity contribution in [2.24, 2.45) is 5.73 Å². The monoisotopic (exact) mass is 149 g/mol. The Bertz CT molecular complexity index is 283. The second-order valence-corrected chi connectivity index (χ2v) is 2.92. The summed E-state index contributed by atoms with van der Waals surface area (Å²) in [6.45, 7) is 2.04. The standard InChI is InChI=1S/C9H11NO/c1-6-3-2-4-7-5-8(10)11-9(6)7/h2-4,8H,5,10H2,1H3. The molecule has 1 aliphatic heterocycles. The van der Waals surface area contributed by atoms with Crippen LogP contribution in [-0.4, -0.2) is 6.23 Å². The number of aryl methyl sites for hydroxylation is 1. The van der Waals surface area contributed by atoms with Crippen molar-refractivity contribution < 1.29 is 4.74 Å². The van der Waals surface area contributed by atoms with Crippen LogP contribution in [0.4, 0.5) is 0 Å². The van der Waals surface area contributed by atoms with Gasteiger partial charge in [-0.2, -0.15) is 0 Å². The molecule has 0 radical (unpaired) electrons. The Labute approximate surface area is 66.0 Å². The highest BCUT2D eigenvalue weighted by molar-refractivity contribution is 5.43.